The first kappa shape index (κ1) is 16.9. The molecule has 0 fully saturated rings. The van der Waals surface area contributed by atoms with Crippen LogP contribution in [0.3, 0.4) is 0 Å². The summed E-state index contributed by atoms with van der Waals surface area (Å²) in [4.78, 5) is 22.7. The van der Waals surface area contributed by atoms with E-state index in [-0.39, 0.29) is 30.4 Å². The zero-order valence-electron chi connectivity index (χ0n) is 11.8. The number of nitrogens with one attached hydrogen (secondary N) is 3. The lowest BCUT2D eigenvalue weighted by Gasteiger charge is -2.20. The second-order valence-corrected chi connectivity index (χ2v) is 5.10. The Morgan fingerprint density at radius 2 is 1.72 bits per heavy atom. The molecule has 0 bridgehead atoms. The Bertz CT molecular complexity index is 262. The van der Waals surface area contributed by atoms with Crippen LogP contribution in [0.5, 0.6) is 0 Å². The average Bonchev–Trinajstić information content (AvgIpc) is 2.22. The van der Waals surface area contributed by atoms with Crippen molar-refractivity contribution in [1.82, 2.24) is 16.0 Å². The number of hydrogen-bond donors (Lipinski definition) is 3. The van der Waals surface area contributed by atoms with Crippen LogP contribution in [0, 0.1) is 0 Å². The zero-order valence-corrected chi connectivity index (χ0v) is 11.8. The number of methoxy groups -OCH3 is 1. The van der Waals surface area contributed by atoms with Crippen LogP contribution in [0.25, 0.3) is 0 Å². The summed E-state index contributed by atoms with van der Waals surface area (Å²) < 4.78 is 4.86. The van der Waals surface area contributed by atoms with Crippen LogP contribution in [-0.2, 0) is 14.3 Å². The molecule has 0 aliphatic heterocycles. The van der Waals surface area contributed by atoms with Gasteiger partial charge in [0.25, 0.3) is 0 Å². The predicted octanol–water partition coefficient (Wildman–Crippen LogP) is -0.357. The first-order chi connectivity index (χ1) is 8.35. The van der Waals surface area contributed by atoms with Gasteiger partial charge in [-0.05, 0) is 27.2 Å². The lowest BCUT2D eigenvalue weighted by atomic mass is 10.1. The van der Waals surface area contributed by atoms with Gasteiger partial charge in [0.05, 0.1) is 13.1 Å². The Hall–Kier alpha value is -1.14. The minimum absolute atomic E-state index is 0.116. The summed E-state index contributed by atoms with van der Waals surface area (Å²) in [6, 6.07) is 0. The summed E-state index contributed by atoms with van der Waals surface area (Å²) in [6.07, 6.45) is 0.784. The van der Waals surface area contributed by atoms with E-state index in [9.17, 15) is 9.59 Å². The van der Waals surface area contributed by atoms with Gasteiger partial charge in [-0.3, -0.25) is 14.9 Å². The molecule has 0 spiro atoms. The molecule has 3 N–H and O–H groups in total. The van der Waals surface area contributed by atoms with E-state index in [1.54, 1.807) is 7.11 Å². The topological polar surface area (TPSA) is 79.5 Å². The average molecular weight is 259 g/mol. The molecule has 2 amide bonds. The van der Waals surface area contributed by atoms with E-state index in [0.29, 0.717) is 13.2 Å². The Balaban J connectivity index is 3.53. The second kappa shape index (κ2) is 8.88. The highest BCUT2D eigenvalue weighted by Crippen LogP contribution is 1.96. The molecule has 6 heteroatoms. The van der Waals surface area contributed by atoms with Gasteiger partial charge < -0.3 is 15.4 Å². The molecule has 0 aromatic carbocycles. The normalized spacial score (nSPS) is 11.1. The molecule has 0 radical (unpaired) electrons. The summed E-state index contributed by atoms with van der Waals surface area (Å²) in [6.45, 7) is 7.23. The Morgan fingerprint density at radius 1 is 1.11 bits per heavy atom. The van der Waals surface area contributed by atoms with E-state index in [1.807, 2.05) is 20.8 Å². The van der Waals surface area contributed by atoms with E-state index in [0.717, 1.165) is 6.42 Å². The maximum absolute atomic E-state index is 11.4. The van der Waals surface area contributed by atoms with Gasteiger partial charge in [-0.25, -0.2) is 0 Å². The van der Waals surface area contributed by atoms with Crippen LogP contribution in [0.4, 0.5) is 0 Å². The Labute approximate surface area is 109 Å². The second-order valence-electron chi connectivity index (χ2n) is 5.10. The molecule has 0 heterocycles. The highest BCUT2D eigenvalue weighted by Gasteiger charge is 2.13. The molecule has 106 valence electrons. The van der Waals surface area contributed by atoms with Crippen molar-refractivity contribution >= 4 is 11.8 Å². The smallest absolute Gasteiger partial charge is 0.234 e. The third-order valence-electron chi connectivity index (χ3n) is 1.93. The maximum Gasteiger partial charge on any atom is 0.234 e. The van der Waals surface area contributed by atoms with Gasteiger partial charge in [0.1, 0.15) is 0 Å². The highest BCUT2D eigenvalue weighted by atomic mass is 16.5. The molecule has 0 atom stereocenters. The van der Waals surface area contributed by atoms with Gasteiger partial charge in [0, 0.05) is 25.8 Å². The largest absolute Gasteiger partial charge is 0.385 e. The van der Waals surface area contributed by atoms with E-state index >= 15 is 0 Å². The van der Waals surface area contributed by atoms with E-state index in [2.05, 4.69) is 16.0 Å². The number of ether oxygens (including phenoxy) is 1. The van der Waals surface area contributed by atoms with Crippen LogP contribution < -0.4 is 16.0 Å². The first-order valence-electron chi connectivity index (χ1n) is 6.12. The molecule has 18 heavy (non-hydrogen) atoms. The van der Waals surface area contributed by atoms with Gasteiger partial charge in [-0.15, -0.1) is 0 Å². The van der Waals surface area contributed by atoms with Crippen molar-refractivity contribution in [3.63, 3.8) is 0 Å². The van der Waals surface area contributed by atoms with Crippen molar-refractivity contribution in [3.05, 3.63) is 0 Å². The molecule has 6 nitrogen and oxygen atoms in total. The fraction of sp³-hybridized carbons (Fsp3) is 0.833. The number of carbonyl (C=O) groups excluding carboxylic acids is 2. The molecule has 0 saturated carbocycles. The summed E-state index contributed by atoms with van der Waals surface area (Å²) in [5, 5.41) is 8.32. The van der Waals surface area contributed by atoms with Crippen LogP contribution in [0.1, 0.15) is 27.2 Å². The third kappa shape index (κ3) is 11.3. The minimum Gasteiger partial charge on any atom is -0.385 e. The zero-order chi connectivity index (χ0) is 14.0. The van der Waals surface area contributed by atoms with Gasteiger partial charge in [0.15, 0.2) is 0 Å². The molecular weight excluding hydrogens is 234 g/mol. The molecule has 0 aliphatic carbocycles. The van der Waals surface area contributed by atoms with Crippen LogP contribution in [0.2, 0.25) is 0 Å². The standard InChI is InChI=1S/C12H25N3O3/c1-12(2,3)15-11(17)9-13-8-10(16)14-6-5-7-18-4/h13H,5-9H2,1-4H3,(H,14,16)(H,15,17). The summed E-state index contributed by atoms with van der Waals surface area (Å²) >= 11 is 0. The van der Waals surface area contributed by atoms with Crippen molar-refractivity contribution < 1.29 is 14.3 Å². The van der Waals surface area contributed by atoms with E-state index in [1.165, 1.54) is 0 Å². The number of amides is 2. The molecule has 0 aliphatic rings. The molecule has 0 saturated heterocycles. The lowest BCUT2D eigenvalue weighted by Crippen LogP contribution is -2.46. The van der Waals surface area contributed by atoms with E-state index in [4.69, 9.17) is 4.74 Å². The van der Waals surface area contributed by atoms with Gasteiger partial charge in [-0.1, -0.05) is 0 Å². The van der Waals surface area contributed by atoms with Crippen molar-refractivity contribution in [1.29, 1.82) is 0 Å². The van der Waals surface area contributed by atoms with Crippen molar-refractivity contribution in [3.8, 4) is 0 Å². The number of carbonyl (C=O) groups is 2. The SMILES string of the molecule is COCCCNC(=O)CNCC(=O)NC(C)(C)C. The molecule has 0 rings (SSSR count). The quantitative estimate of drug-likeness (QED) is 0.520. The highest BCUT2D eigenvalue weighted by molar-refractivity contribution is 5.81. The molecular formula is C12H25N3O3. The monoisotopic (exact) mass is 259 g/mol. The van der Waals surface area contributed by atoms with E-state index < -0.39 is 0 Å². The molecule has 0 unspecified atom stereocenters. The summed E-state index contributed by atoms with van der Waals surface area (Å²) in [7, 11) is 1.62. The minimum atomic E-state index is -0.249. The first-order valence-corrected chi connectivity index (χ1v) is 6.12. The van der Waals surface area contributed by atoms with Crippen LogP contribution in [0.15, 0.2) is 0 Å². The van der Waals surface area contributed by atoms with Gasteiger partial charge in [-0.2, -0.15) is 0 Å². The van der Waals surface area contributed by atoms with Crippen molar-refractivity contribution in [2.24, 2.45) is 0 Å². The van der Waals surface area contributed by atoms with Crippen molar-refractivity contribution in [2.75, 3.05) is 33.4 Å². The van der Waals surface area contributed by atoms with Crippen molar-refractivity contribution in [2.45, 2.75) is 32.7 Å². The fourth-order valence-electron chi connectivity index (χ4n) is 1.26. The Kier molecular flexibility index (Phi) is 8.32. The third-order valence-corrected chi connectivity index (χ3v) is 1.93. The maximum atomic E-state index is 11.4. The van der Waals surface area contributed by atoms with Crippen LogP contribution in [-0.4, -0.2) is 50.7 Å². The van der Waals surface area contributed by atoms with Gasteiger partial charge >= 0.3 is 0 Å². The summed E-state index contributed by atoms with van der Waals surface area (Å²) in [5.41, 5.74) is -0.249. The summed E-state index contributed by atoms with van der Waals surface area (Å²) in [5.74, 6) is -0.232. The molecule has 0 aromatic rings. The predicted molar refractivity (Wildman–Crippen MR) is 70.3 cm³/mol. The van der Waals surface area contributed by atoms with Gasteiger partial charge in [0.2, 0.25) is 11.8 Å². The number of rotatable bonds is 8. The lowest BCUT2D eigenvalue weighted by molar-refractivity contribution is -0.122. The van der Waals surface area contributed by atoms with Crippen LogP contribution >= 0.6 is 0 Å². The molecule has 0 aromatic heterocycles. The fourth-order valence-corrected chi connectivity index (χ4v) is 1.26. The number of hydrogen-bond acceptors (Lipinski definition) is 4. The Morgan fingerprint density at radius 3 is 2.28 bits per heavy atom.